The lowest BCUT2D eigenvalue weighted by atomic mass is 9.97. The van der Waals surface area contributed by atoms with E-state index in [0.29, 0.717) is 39.1 Å². The molecule has 0 saturated carbocycles. The Kier molecular flexibility index (Phi) is 7.73. The Bertz CT molecular complexity index is 1010. The topological polar surface area (TPSA) is 75.7 Å². The molecule has 2 aromatic carbocycles. The van der Waals surface area contributed by atoms with Gasteiger partial charge in [0.2, 0.25) is 15.9 Å². The van der Waals surface area contributed by atoms with Crippen molar-refractivity contribution in [3.05, 3.63) is 64.7 Å². The second kappa shape index (κ2) is 10.3. The first kappa shape index (κ1) is 23.3. The maximum absolute atomic E-state index is 12.7. The molecule has 2 aromatic rings. The predicted octanol–water partition coefficient (Wildman–Crippen LogP) is 3.35. The van der Waals surface area contributed by atoms with Gasteiger partial charge in [-0.25, -0.2) is 12.7 Å². The Morgan fingerprint density at radius 1 is 1.06 bits per heavy atom. The number of carbonyl (C=O) groups is 1. The number of sulfonamides is 1. The predicted molar refractivity (Wildman–Crippen MR) is 123 cm³/mol. The van der Waals surface area contributed by atoms with Crippen LogP contribution in [0.15, 0.2) is 42.5 Å². The summed E-state index contributed by atoms with van der Waals surface area (Å²) in [6, 6.07) is 13.6. The smallest absolute Gasteiger partial charge is 0.223 e. The molecule has 0 atom stereocenters. The molecule has 0 aromatic heterocycles. The van der Waals surface area contributed by atoms with Crippen LogP contribution < -0.4 is 10.1 Å². The molecule has 0 radical (unpaired) electrons. The fraction of sp³-hybridized carbons (Fsp3) is 0.458. The summed E-state index contributed by atoms with van der Waals surface area (Å²) in [6.45, 7) is 7.58. The monoisotopic (exact) mass is 444 g/mol. The molecule has 7 heteroatoms. The third-order valence-electron chi connectivity index (χ3n) is 5.64. The molecule has 0 aliphatic carbocycles. The van der Waals surface area contributed by atoms with Gasteiger partial charge in [0.05, 0.1) is 12.3 Å². The first-order valence-corrected chi connectivity index (χ1v) is 12.4. The average molecular weight is 445 g/mol. The minimum atomic E-state index is -3.38. The quantitative estimate of drug-likeness (QED) is 0.634. The van der Waals surface area contributed by atoms with Crippen molar-refractivity contribution in [3.8, 4) is 5.75 Å². The van der Waals surface area contributed by atoms with Crippen molar-refractivity contribution in [2.75, 3.05) is 26.2 Å². The highest BCUT2D eigenvalue weighted by molar-refractivity contribution is 7.88. The summed E-state index contributed by atoms with van der Waals surface area (Å²) in [5.74, 6) is 0.639. The lowest BCUT2D eigenvalue weighted by molar-refractivity contribution is -0.126. The van der Waals surface area contributed by atoms with Gasteiger partial charge in [0.25, 0.3) is 0 Å². The van der Waals surface area contributed by atoms with E-state index in [9.17, 15) is 13.2 Å². The molecule has 1 fully saturated rings. The van der Waals surface area contributed by atoms with Crippen LogP contribution in [0.1, 0.15) is 35.1 Å². The highest BCUT2D eigenvalue weighted by Gasteiger charge is 2.31. The molecule has 1 aliphatic rings. The molecular formula is C24H32N2O4S. The maximum atomic E-state index is 12.7. The molecule has 1 amide bonds. The zero-order chi connectivity index (χ0) is 22.4. The van der Waals surface area contributed by atoms with Crippen molar-refractivity contribution < 1.29 is 17.9 Å². The van der Waals surface area contributed by atoms with Gasteiger partial charge in [0.1, 0.15) is 12.4 Å². The van der Waals surface area contributed by atoms with Crippen LogP contribution >= 0.6 is 0 Å². The van der Waals surface area contributed by atoms with E-state index < -0.39 is 10.0 Å². The highest BCUT2D eigenvalue weighted by atomic mass is 32.2. The van der Waals surface area contributed by atoms with Crippen molar-refractivity contribution in [1.29, 1.82) is 0 Å². The number of amides is 1. The van der Waals surface area contributed by atoms with E-state index in [1.807, 2.05) is 57.2 Å². The zero-order valence-electron chi connectivity index (χ0n) is 18.6. The van der Waals surface area contributed by atoms with E-state index in [1.54, 1.807) is 0 Å². The van der Waals surface area contributed by atoms with Crippen LogP contribution in [-0.4, -0.2) is 44.9 Å². The Morgan fingerprint density at radius 3 is 2.45 bits per heavy atom. The number of carbonyl (C=O) groups excluding carboxylic acids is 1. The lowest BCUT2D eigenvalue weighted by Gasteiger charge is -2.30. The van der Waals surface area contributed by atoms with Crippen LogP contribution in [0.25, 0.3) is 0 Å². The van der Waals surface area contributed by atoms with E-state index in [1.165, 1.54) is 9.87 Å². The van der Waals surface area contributed by atoms with Crippen LogP contribution in [0, 0.1) is 26.7 Å². The van der Waals surface area contributed by atoms with Crippen molar-refractivity contribution >= 4 is 15.9 Å². The SMILES string of the molecule is Cc1cccc(CS(=O)(=O)N2CCC(C(=O)NCCOc3ccc(C)cc3C)CC2)c1. The first-order valence-electron chi connectivity index (χ1n) is 10.8. The van der Waals surface area contributed by atoms with E-state index in [4.69, 9.17) is 4.74 Å². The van der Waals surface area contributed by atoms with Gasteiger partial charge in [-0.05, 0) is 50.8 Å². The fourth-order valence-electron chi connectivity index (χ4n) is 3.94. The number of hydrogen-bond donors (Lipinski definition) is 1. The second-order valence-corrected chi connectivity index (χ2v) is 10.3. The molecule has 0 unspecified atom stereocenters. The fourth-order valence-corrected chi connectivity index (χ4v) is 5.49. The van der Waals surface area contributed by atoms with Crippen molar-refractivity contribution in [2.45, 2.75) is 39.4 Å². The molecule has 6 nitrogen and oxygen atoms in total. The zero-order valence-corrected chi connectivity index (χ0v) is 19.4. The van der Waals surface area contributed by atoms with E-state index in [0.717, 1.165) is 22.4 Å². The summed E-state index contributed by atoms with van der Waals surface area (Å²) in [7, 11) is -3.38. The van der Waals surface area contributed by atoms with Crippen LogP contribution in [-0.2, 0) is 20.6 Å². The normalized spacial score (nSPS) is 15.6. The number of ether oxygens (including phenoxy) is 1. The molecule has 168 valence electrons. The number of benzene rings is 2. The number of rotatable bonds is 8. The minimum Gasteiger partial charge on any atom is -0.491 e. The van der Waals surface area contributed by atoms with Crippen molar-refractivity contribution in [1.82, 2.24) is 9.62 Å². The van der Waals surface area contributed by atoms with Gasteiger partial charge in [-0.2, -0.15) is 0 Å². The molecule has 1 aliphatic heterocycles. The molecule has 1 saturated heterocycles. The number of piperidine rings is 1. The van der Waals surface area contributed by atoms with E-state index >= 15 is 0 Å². The maximum Gasteiger partial charge on any atom is 0.223 e. The molecular weight excluding hydrogens is 412 g/mol. The summed E-state index contributed by atoms with van der Waals surface area (Å²) in [6.07, 6.45) is 1.08. The number of hydrogen-bond acceptors (Lipinski definition) is 4. The summed E-state index contributed by atoms with van der Waals surface area (Å²) >= 11 is 0. The number of nitrogens with one attached hydrogen (secondary N) is 1. The number of nitrogens with zero attached hydrogens (tertiary/aromatic N) is 1. The van der Waals surface area contributed by atoms with Crippen molar-refractivity contribution in [3.63, 3.8) is 0 Å². The third kappa shape index (κ3) is 6.55. The Balaban J connectivity index is 1.42. The summed E-state index contributed by atoms with van der Waals surface area (Å²) in [5, 5.41) is 2.92. The van der Waals surface area contributed by atoms with Gasteiger partial charge in [-0.1, -0.05) is 47.5 Å². The Morgan fingerprint density at radius 2 is 1.77 bits per heavy atom. The molecule has 3 rings (SSSR count). The molecule has 0 bridgehead atoms. The number of aryl methyl sites for hydroxylation is 3. The Hall–Kier alpha value is -2.38. The lowest BCUT2D eigenvalue weighted by Crippen LogP contribution is -2.43. The molecule has 1 heterocycles. The molecule has 1 N–H and O–H groups in total. The van der Waals surface area contributed by atoms with Gasteiger partial charge >= 0.3 is 0 Å². The first-order chi connectivity index (χ1) is 14.7. The van der Waals surface area contributed by atoms with Gasteiger partial charge in [-0.3, -0.25) is 4.79 Å². The average Bonchev–Trinajstić information content (AvgIpc) is 2.72. The standard InChI is InChI=1S/C24H32N2O4S/c1-18-5-4-6-21(16-18)17-31(28,29)26-12-9-22(10-13-26)24(27)25-11-14-30-23-8-7-19(2)15-20(23)3/h4-8,15-16,22H,9-14,17H2,1-3H3,(H,25,27). The van der Waals surface area contributed by atoms with Crippen molar-refractivity contribution in [2.24, 2.45) is 5.92 Å². The Labute approximate surface area is 185 Å². The van der Waals surface area contributed by atoms with Gasteiger partial charge < -0.3 is 10.1 Å². The molecule has 0 spiro atoms. The largest absolute Gasteiger partial charge is 0.491 e. The highest BCUT2D eigenvalue weighted by Crippen LogP contribution is 2.22. The third-order valence-corrected chi connectivity index (χ3v) is 7.49. The van der Waals surface area contributed by atoms with E-state index in [2.05, 4.69) is 11.4 Å². The van der Waals surface area contributed by atoms with Crippen LogP contribution in [0.4, 0.5) is 0 Å². The summed E-state index contributed by atoms with van der Waals surface area (Å²) in [5.41, 5.74) is 4.10. The minimum absolute atomic E-state index is 0.00130. The second-order valence-electron chi connectivity index (χ2n) is 8.33. The van der Waals surface area contributed by atoms with Crippen LogP contribution in [0.3, 0.4) is 0 Å². The van der Waals surface area contributed by atoms with Gasteiger partial charge in [0.15, 0.2) is 0 Å². The van der Waals surface area contributed by atoms with Crippen LogP contribution in [0.2, 0.25) is 0 Å². The van der Waals surface area contributed by atoms with Crippen LogP contribution in [0.5, 0.6) is 5.75 Å². The van der Waals surface area contributed by atoms with E-state index in [-0.39, 0.29) is 17.6 Å². The van der Waals surface area contributed by atoms with Gasteiger partial charge in [0, 0.05) is 19.0 Å². The van der Waals surface area contributed by atoms with Gasteiger partial charge in [-0.15, -0.1) is 0 Å². The summed E-state index contributed by atoms with van der Waals surface area (Å²) in [4.78, 5) is 12.5. The summed E-state index contributed by atoms with van der Waals surface area (Å²) < 4.78 is 32.8. The molecule has 31 heavy (non-hydrogen) atoms.